The van der Waals surface area contributed by atoms with Crippen LogP contribution in [0.15, 0.2) is 91.1 Å². The van der Waals surface area contributed by atoms with Crippen LogP contribution in [0.5, 0.6) is 5.75 Å². The number of hydrogen-bond acceptors (Lipinski definition) is 3. The van der Waals surface area contributed by atoms with Gasteiger partial charge in [-0.2, -0.15) is 0 Å². The lowest BCUT2D eigenvalue weighted by atomic mass is 9.99. The van der Waals surface area contributed by atoms with Crippen LogP contribution in [0.4, 0.5) is 0 Å². The minimum Gasteiger partial charge on any atom is -0.497 e. The first-order chi connectivity index (χ1) is 12.8. The van der Waals surface area contributed by atoms with Gasteiger partial charge < -0.3 is 4.74 Å². The molecule has 0 radical (unpaired) electrons. The van der Waals surface area contributed by atoms with Gasteiger partial charge in [0.05, 0.1) is 13.3 Å². The molecule has 0 spiro atoms. The van der Waals surface area contributed by atoms with Gasteiger partial charge in [0, 0.05) is 5.56 Å². The standard InChI is InChI=1S/C22H19N3O/c1-26-20-14-12-17(13-15-20)21-16-25(24-23-21)22(18-8-4-2-5-9-18)19-10-6-3-7-11-19/h2-16,22H,1H3. The highest BCUT2D eigenvalue weighted by atomic mass is 16.5. The maximum Gasteiger partial charge on any atom is 0.118 e. The summed E-state index contributed by atoms with van der Waals surface area (Å²) in [6.45, 7) is 0. The van der Waals surface area contributed by atoms with E-state index in [1.165, 1.54) is 11.1 Å². The van der Waals surface area contributed by atoms with Crippen LogP contribution in [-0.2, 0) is 0 Å². The summed E-state index contributed by atoms with van der Waals surface area (Å²) >= 11 is 0. The van der Waals surface area contributed by atoms with E-state index in [0.29, 0.717) is 0 Å². The third-order valence-corrected chi connectivity index (χ3v) is 4.39. The van der Waals surface area contributed by atoms with Crippen LogP contribution in [0.3, 0.4) is 0 Å². The number of aromatic nitrogens is 3. The van der Waals surface area contributed by atoms with Gasteiger partial charge in [-0.1, -0.05) is 65.9 Å². The molecule has 0 amide bonds. The highest BCUT2D eigenvalue weighted by Gasteiger charge is 2.18. The molecule has 1 heterocycles. The van der Waals surface area contributed by atoms with Crippen LogP contribution >= 0.6 is 0 Å². The predicted octanol–water partition coefficient (Wildman–Crippen LogP) is 4.59. The van der Waals surface area contributed by atoms with E-state index in [9.17, 15) is 0 Å². The Morgan fingerprint density at radius 3 is 1.88 bits per heavy atom. The Balaban J connectivity index is 1.74. The van der Waals surface area contributed by atoms with Gasteiger partial charge >= 0.3 is 0 Å². The molecule has 0 N–H and O–H groups in total. The minimum atomic E-state index is -0.0168. The smallest absolute Gasteiger partial charge is 0.118 e. The Morgan fingerprint density at radius 1 is 0.769 bits per heavy atom. The fourth-order valence-corrected chi connectivity index (χ4v) is 3.07. The highest BCUT2D eigenvalue weighted by molar-refractivity contribution is 5.58. The number of benzene rings is 3. The van der Waals surface area contributed by atoms with Gasteiger partial charge in [-0.05, 0) is 35.4 Å². The lowest BCUT2D eigenvalue weighted by Crippen LogP contribution is -2.13. The van der Waals surface area contributed by atoms with Gasteiger partial charge in [-0.15, -0.1) is 5.10 Å². The number of hydrogen-bond donors (Lipinski definition) is 0. The largest absolute Gasteiger partial charge is 0.497 e. The second kappa shape index (κ2) is 7.23. The third kappa shape index (κ3) is 3.22. The zero-order chi connectivity index (χ0) is 17.8. The van der Waals surface area contributed by atoms with Crippen molar-refractivity contribution in [1.82, 2.24) is 15.0 Å². The molecule has 0 bridgehead atoms. The van der Waals surface area contributed by atoms with Crippen molar-refractivity contribution in [1.29, 1.82) is 0 Å². The molecule has 0 aliphatic rings. The van der Waals surface area contributed by atoms with Crippen LogP contribution in [0, 0.1) is 0 Å². The monoisotopic (exact) mass is 341 g/mol. The van der Waals surface area contributed by atoms with Gasteiger partial charge in [0.1, 0.15) is 17.5 Å². The molecule has 0 saturated heterocycles. The lowest BCUT2D eigenvalue weighted by Gasteiger charge is -2.17. The second-order valence-corrected chi connectivity index (χ2v) is 6.04. The van der Waals surface area contributed by atoms with E-state index in [4.69, 9.17) is 4.74 Å². The van der Waals surface area contributed by atoms with Crippen LogP contribution in [-0.4, -0.2) is 22.1 Å². The van der Waals surface area contributed by atoms with Crippen LogP contribution < -0.4 is 4.74 Å². The van der Waals surface area contributed by atoms with Gasteiger partial charge in [-0.3, -0.25) is 0 Å². The number of ether oxygens (including phenoxy) is 1. The van der Waals surface area contributed by atoms with Crippen LogP contribution in [0.25, 0.3) is 11.3 Å². The highest BCUT2D eigenvalue weighted by Crippen LogP contribution is 2.28. The zero-order valence-electron chi connectivity index (χ0n) is 14.5. The van der Waals surface area contributed by atoms with Gasteiger partial charge in [-0.25, -0.2) is 4.68 Å². The first-order valence-corrected chi connectivity index (χ1v) is 8.51. The van der Waals surface area contributed by atoms with E-state index in [2.05, 4.69) is 34.6 Å². The summed E-state index contributed by atoms with van der Waals surface area (Å²) in [6, 6.07) is 28.5. The fourth-order valence-electron chi connectivity index (χ4n) is 3.07. The third-order valence-electron chi connectivity index (χ3n) is 4.39. The first kappa shape index (κ1) is 16.1. The SMILES string of the molecule is COc1ccc(-c2cn(C(c3ccccc3)c3ccccc3)nn2)cc1. The van der Waals surface area contributed by atoms with Gasteiger partial charge in [0.15, 0.2) is 0 Å². The van der Waals surface area contributed by atoms with E-state index in [0.717, 1.165) is 17.0 Å². The van der Waals surface area contributed by atoms with Crippen molar-refractivity contribution in [3.05, 3.63) is 102 Å². The molecule has 0 unspecified atom stereocenters. The maximum absolute atomic E-state index is 5.22. The molecule has 128 valence electrons. The van der Waals surface area contributed by atoms with Crippen molar-refractivity contribution in [2.24, 2.45) is 0 Å². The van der Waals surface area contributed by atoms with Crippen LogP contribution in [0.1, 0.15) is 17.2 Å². The number of methoxy groups -OCH3 is 1. The molecule has 1 aromatic heterocycles. The van der Waals surface area contributed by atoms with E-state index in [1.54, 1.807) is 7.11 Å². The summed E-state index contributed by atoms with van der Waals surface area (Å²) < 4.78 is 7.14. The van der Waals surface area contributed by atoms with E-state index in [1.807, 2.05) is 71.5 Å². The molecule has 0 saturated carbocycles. The Kier molecular flexibility index (Phi) is 4.48. The molecule has 26 heavy (non-hydrogen) atoms. The summed E-state index contributed by atoms with van der Waals surface area (Å²) in [5.41, 5.74) is 4.19. The van der Waals surface area contributed by atoms with Crippen molar-refractivity contribution >= 4 is 0 Å². The van der Waals surface area contributed by atoms with Crippen molar-refractivity contribution in [2.45, 2.75) is 6.04 Å². The first-order valence-electron chi connectivity index (χ1n) is 8.51. The second-order valence-electron chi connectivity index (χ2n) is 6.04. The summed E-state index contributed by atoms with van der Waals surface area (Å²) in [7, 11) is 1.66. The summed E-state index contributed by atoms with van der Waals surface area (Å²) in [5, 5.41) is 8.81. The Hall–Kier alpha value is -3.40. The molecular weight excluding hydrogens is 322 g/mol. The summed E-state index contributed by atoms with van der Waals surface area (Å²) in [6.07, 6.45) is 1.99. The van der Waals surface area contributed by atoms with Crippen molar-refractivity contribution in [3.8, 4) is 17.0 Å². The molecule has 0 aliphatic carbocycles. The Bertz CT molecular complexity index is 924. The van der Waals surface area contributed by atoms with E-state index < -0.39 is 0 Å². The zero-order valence-corrected chi connectivity index (χ0v) is 14.5. The average Bonchev–Trinajstić information content (AvgIpc) is 3.19. The topological polar surface area (TPSA) is 39.9 Å². The molecule has 4 aromatic rings. The van der Waals surface area contributed by atoms with E-state index >= 15 is 0 Å². The summed E-state index contributed by atoms with van der Waals surface area (Å²) in [5.74, 6) is 0.826. The molecular formula is C22H19N3O. The molecule has 4 nitrogen and oxygen atoms in total. The maximum atomic E-state index is 5.22. The Labute approximate surface area is 152 Å². The molecule has 0 atom stereocenters. The Morgan fingerprint density at radius 2 is 1.35 bits per heavy atom. The van der Waals surface area contributed by atoms with E-state index in [-0.39, 0.29) is 6.04 Å². The molecule has 4 rings (SSSR count). The average molecular weight is 341 g/mol. The summed E-state index contributed by atoms with van der Waals surface area (Å²) in [4.78, 5) is 0. The number of rotatable bonds is 5. The van der Waals surface area contributed by atoms with Gasteiger partial charge in [0.25, 0.3) is 0 Å². The molecule has 0 fully saturated rings. The normalized spacial score (nSPS) is 10.8. The molecule has 0 aliphatic heterocycles. The fraction of sp³-hybridized carbons (Fsp3) is 0.0909. The predicted molar refractivity (Wildman–Crippen MR) is 102 cm³/mol. The minimum absolute atomic E-state index is 0.0168. The number of nitrogens with zero attached hydrogens (tertiary/aromatic N) is 3. The van der Waals surface area contributed by atoms with Crippen molar-refractivity contribution in [2.75, 3.05) is 7.11 Å². The van der Waals surface area contributed by atoms with Crippen LogP contribution in [0.2, 0.25) is 0 Å². The van der Waals surface area contributed by atoms with Gasteiger partial charge in [0.2, 0.25) is 0 Å². The lowest BCUT2D eigenvalue weighted by molar-refractivity contribution is 0.415. The van der Waals surface area contributed by atoms with Crippen molar-refractivity contribution < 1.29 is 4.74 Å². The molecule has 4 heteroatoms. The van der Waals surface area contributed by atoms with Crippen molar-refractivity contribution in [3.63, 3.8) is 0 Å². The quantitative estimate of drug-likeness (QED) is 0.533. The molecule has 3 aromatic carbocycles.